The minimum atomic E-state index is -0.121. The van der Waals surface area contributed by atoms with Crippen LogP contribution in [0.15, 0.2) is 90.1 Å². The molecule has 4 rings (SSSR count). The van der Waals surface area contributed by atoms with Gasteiger partial charge >= 0.3 is 0 Å². The number of hydrogen-bond acceptors (Lipinski definition) is 5. The van der Waals surface area contributed by atoms with Crippen LogP contribution in [0.3, 0.4) is 0 Å². The number of nitrogens with zero attached hydrogens (tertiary/aromatic N) is 2. The summed E-state index contributed by atoms with van der Waals surface area (Å²) in [5.74, 6) is 1.53. The van der Waals surface area contributed by atoms with E-state index >= 15 is 0 Å². The number of amides is 1. The standard InChI is InChI=1S/C23H20N4O2S/c28-21(16-30-23-25-22(26-27-23)18-9-5-2-6-10-18)24-19-11-13-20(14-12-19)29-15-17-7-3-1-4-8-17/h1-14H,15-16H2,(H,24,28)(H,25,26,27). The number of nitrogens with one attached hydrogen (secondary N) is 2. The average molecular weight is 417 g/mol. The number of ether oxygens (including phenoxy) is 1. The summed E-state index contributed by atoms with van der Waals surface area (Å²) in [6.07, 6.45) is 0. The second kappa shape index (κ2) is 9.76. The monoisotopic (exact) mass is 416 g/mol. The summed E-state index contributed by atoms with van der Waals surface area (Å²) < 4.78 is 5.76. The number of anilines is 1. The fourth-order valence-electron chi connectivity index (χ4n) is 2.74. The average Bonchev–Trinajstić information content (AvgIpc) is 3.28. The Kier molecular flexibility index (Phi) is 6.41. The summed E-state index contributed by atoms with van der Waals surface area (Å²) in [6, 6.07) is 27.0. The zero-order valence-electron chi connectivity index (χ0n) is 16.1. The summed E-state index contributed by atoms with van der Waals surface area (Å²) in [6.45, 7) is 0.505. The summed E-state index contributed by atoms with van der Waals surface area (Å²) in [5, 5.41) is 10.5. The molecule has 0 aliphatic rings. The lowest BCUT2D eigenvalue weighted by Crippen LogP contribution is -2.14. The lowest BCUT2D eigenvalue weighted by Gasteiger charge is -2.08. The smallest absolute Gasteiger partial charge is 0.234 e. The molecule has 0 radical (unpaired) electrons. The lowest BCUT2D eigenvalue weighted by atomic mass is 10.2. The first-order chi connectivity index (χ1) is 14.8. The Morgan fingerprint density at radius 2 is 1.63 bits per heavy atom. The molecule has 150 valence electrons. The van der Waals surface area contributed by atoms with Crippen LogP contribution in [-0.2, 0) is 11.4 Å². The molecule has 0 unspecified atom stereocenters. The van der Waals surface area contributed by atoms with Crippen molar-refractivity contribution in [3.63, 3.8) is 0 Å². The van der Waals surface area contributed by atoms with Gasteiger partial charge in [0.05, 0.1) is 5.75 Å². The molecule has 7 heteroatoms. The highest BCUT2D eigenvalue weighted by molar-refractivity contribution is 7.99. The number of H-pyrrole nitrogens is 1. The van der Waals surface area contributed by atoms with Gasteiger partial charge in [-0.2, -0.15) is 0 Å². The van der Waals surface area contributed by atoms with Gasteiger partial charge in [-0.05, 0) is 29.8 Å². The van der Waals surface area contributed by atoms with E-state index in [1.807, 2.05) is 84.9 Å². The minimum absolute atomic E-state index is 0.121. The fraction of sp³-hybridized carbons (Fsp3) is 0.0870. The molecule has 0 saturated heterocycles. The van der Waals surface area contributed by atoms with Crippen molar-refractivity contribution in [1.29, 1.82) is 0 Å². The maximum absolute atomic E-state index is 12.2. The Balaban J connectivity index is 1.24. The quantitative estimate of drug-likeness (QED) is 0.404. The van der Waals surface area contributed by atoms with E-state index < -0.39 is 0 Å². The number of rotatable bonds is 8. The first kappa shape index (κ1) is 19.7. The molecule has 30 heavy (non-hydrogen) atoms. The van der Waals surface area contributed by atoms with Gasteiger partial charge in [0.25, 0.3) is 0 Å². The molecule has 2 N–H and O–H groups in total. The number of carbonyl (C=O) groups is 1. The molecule has 0 fully saturated rings. The first-order valence-corrected chi connectivity index (χ1v) is 10.4. The van der Waals surface area contributed by atoms with Crippen molar-refractivity contribution in [3.8, 4) is 17.1 Å². The summed E-state index contributed by atoms with van der Waals surface area (Å²) in [4.78, 5) is 16.6. The van der Waals surface area contributed by atoms with E-state index in [9.17, 15) is 4.79 Å². The van der Waals surface area contributed by atoms with Gasteiger partial charge in [0.2, 0.25) is 11.1 Å². The molecule has 1 amide bonds. The maximum atomic E-state index is 12.2. The van der Waals surface area contributed by atoms with Crippen LogP contribution in [0.1, 0.15) is 5.56 Å². The zero-order valence-corrected chi connectivity index (χ0v) is 16.9. The van der Waals surface area contributed by atoms with Crippen LogP contribution in [0, 0.1) is 0 Å². The molecule has 6 nitrogen and oxygen atoms in total. The summed E-state index contributed by atoms with van der Waals surface area (Å²) in [5.41, 5.74) is 2.78. The maximum Gasteiger partial charge on any atom is 0.234 e. The van der Waals surface area contributed by atoms with Crippen LogP contribution in [0.25, 0.3) is 11.4 Å². The van der Waals surface area contributed by atoms with Crippen LogP contribution in [0.5, 0.6) is 5.75 Å². The van der Waals surface area contributed by atoms with Crippen molar-refractivity contribution in [3.05, 3.63) is 90.5 Å². The first-order valence-electron chi connectivity index (χ1n) is 9.43. The third-order valence-electron chi connectivity index (χ3n) is 4.23. The van der Waals surface area contributed by atoms with Gasteiger partial charge in [-0.25, -0.2) is 4.98 Å². The highest BCUT2D eigenvalue weighted by Crippen LogP contribution is 2.20. The van der Waals surface area contributed by atoms with E-state index in [1.54, 1.807) is 0 Å². The predicted molar refractivity (Wildman–Crippen MR) is 118 cm³/mol. The molecule has 1 aromatic heterocycles. The molecule has 3 aromatic carbocycles. The molecule has 1 heterocycles. The largest absolute Gasteiger partial charge is 0.489 e. The summed E-state index contributed by atoms with van der Waals surface area (Å²) >= 11 is 1.28. The van der Waals surface area contributed by atoms with E-state index in [0.29, 0.717) is 23.3 Å². The second-order valence-electron chi connectivity index (χ2n) is 6.47. The number of thioether (sulfide) groups is 1. The molecule has 0 saturated carbocycles. The Morgan fingerprint density at radius 1 is 0.933 bits per heavy atom. The van der Waals surface area contributed by atoms with Crippen molar-refractivity contribution >= 4 is 23.4 Å². The van der Waals surface area contributed by atoms with Crippen LogP contribution >= 0.6 is 11.8 Å². The third kappa shape index (κ3) is 5.48. The SMILES string of the molecule is O=C(CSc1n[nH]c(-c2ccccc2)n1)Nc1ccc(OCc2ccccc2)cc1. The zero-order chi connectivity index (χ0) is 20.6. The minimum Gasteiger partial charge on any atom is -0.489 e. The Hall–Kier alpha value is -3.58. The van der Waals surface area contributed by atoms with E-state index in [-0.39, 0.29) is 11.7 Å². The van der Waals surface area contributed by atoms with Crippen LogP contribution < -0.4 is 10.1 Å². The fourth-order valence-corrected chi connectivity index (χ4v) is 3.34. The molecular formula is C23H20N4O2S. The Bertz CT molecular complexity index is 1080. The van der Waals surface area contributed by atoms with E-state index in [1.165, 1.54) is 11.8 Å². The second-order valence-corrected chi connectivity index (χ2v) is 7.41. The van der Waals surface area contributed by atoms with Gasteiger partial charge in [-0.1, -0.05) is 72.4 Å². The number of carbonyl (C=O) groups excluding carboxylic acids is 1. The number of hydrogen-bond donors (Lipinski definition) is 2. The molecule has 4 aromatic rings. The molecule has 0 atom stereocenters. The van der Waals surface area contributed by atoms with Crippen molar-refractivity contribution < 1.29 is 9.53 Å². The number of aromatic amines is 1. The number of benzene rings is 3. The van der Waals surface area contributed by atoms with Crippen LogP contribution in [-0.4, -0.2) is 26.8 Å². The van der Waals surface area contributed by atoms with Gasteiger partial charge in [0, 0.05) is 11.3 Å². The molecule has 0 bridgehead atoms. The topological polar surface area (TPSA) is 79.9 Å². The van der Waals surface area contributed by atoms with E-state index in [4.69, 9.17) is 4.74 Å². The van der Waals surface area contributed by atoms with Gasteiger partial charge in [-0.15, -0.1) is 5.10 Å². The van der Waals surface area contributed by atoms with Gasteiger partial charge in [-0.3, -0.25) is 9.89 Å². The predicted octanol–water partition coefficient (Wildman–Crippen LogP) is 4.78. The molecule has 0 aliphatic carbocycles. The molecule has 0 spiro atoms. The number of aromatic nitrogens is 3. The van der Waals surface area contributed by atoms with Crippen molar-refractivity contribution in [2.24, 2.45) is 0 Å². The van der Waals surface area contributed by atoms with Gasteiger partial charge in [0.1, 0.15) is 12.4 Å². The lowest BCUT2D eigenvalue weighted by molar-refractivity contribution is -0.113. The van der Waals surface area contributed by atoms with E-state index in [0.717, 1.165) is 16.9 Å². The van der Waals surface area contributed by atoms with Gasteiger partial charge in [0.15, 0.2) is 5.82 Å². The third-order valence-corrected chi connectivity index (χ3v) is 5.08. The van der Waals surface area contributed by atoms with Gasteiger partial charge < -0.3 is 10.1 Å². The summed E-state index contributed by atoms with van der Waals surface area (Å²) in [7, 11) is 0. The van der Waals surface area contributed by atoms with Crippen LogP contribution in [0.2, 0.25) is 0 Å². The van der Waals surface area contributed by atoms with Crippen LogP contribution in [0.4, 0.5) is 5.69 Å². The van der Waals surface area contributed by atoms with Crippen molar-refractivity contribution in [1.82, 2.24) is 15.2 Å². The highest BCUT2D eigenvalue weighted by Gasteiger charge is 2.09. The normalized spacial score (nSPS) is 10.5. The molecule has 0 aliphatic heterocycles. The van der Waals surface area contributed by atoms with Crippen molar-refractivity contribution in [2.45, 2.75) is 11.8 Å². The van der Waals surface area contributed by atoms with E-state index in [2.05, 4.69) is 20.5 Å². The highest BCUT2D eigenvalue weighted by atomic mass is 32.2. The van der Waals surface area contributed by atoms with Crippen molar-refractivity contribution in [2.75, 3.05) is 11.1 Å². The Labute approximate surface area is 178 Å². The molecular weight excluding hydrogens is 396 g/mol. The Morgan fingerprint density at radius 3 is 2.37 bits per heavy atom.